The molecule has 3 heterocycles. The zero-order valence-corrected chi connectivity index (χ0v) is 14.0. The molecular weight excluding hydrogens is 320 g/mol. The second-order valence-electron chi connectivity index (χ2n) is 6.59. The molecule has 0 spiro atoms. The molecule has 1 N–H and O–H groups in total. The van der Waals surface area contributed by atoms with Crippen LogP contribution in [0.3, 0.4) is 0 Å². The summed E-state index contributed by atoms with van der Waals surface area (Å²) < 4.78 is 11.5. The Balaban J connectivity index is 1.34. The number of hydrogen-bond donors (Lipinski definition) is 1. The third-order valence-electron chi connectivity index (χ3n) is 5.09. The van der Waals surface area contributed by atoms with Crippen molar-refractivity contribution in [1.82, 2.24) is 20.2 Å². The van der Waals surface area contributed by atoms with E-state index in [1.807, 2.05) is 12.1 Å². The third-order valence-corrected chi connectivity index (χ3v) is 5.09. The van der Waals surface area contributed by atoms with Gasteiger partial charge in [-0.05, 0) is 25.0 Å². The van der Waals surface area contributed by atoms with Gasteiger partial charge in [0.2, 0.25) is 0 Å². The highest BCUT2D eigenvalue weighted by Crippen LogP contribution is 2.35. The van der Waals surface area contributed by atoms with Crippen LogP contribution in [-0.4, -0.2) is 52.6 Å². The Morgan fingerprint density at radius 2 is 2.32 bits per heavy atom. The normalized spacial score (nSPS) is 26.3. The van der Waals surface area contributed by atoms with Gasteiger partial charge in [-0.25, -0.2) is 4.98 Å². The van der Waals surface area contributed by atoms with Crippen molar-refractivity contribution in [2.45, 2.75) is 31.5 Å². The van der Waals surface area contributed by atoms with Crippen LogP contribution in [0.15, 0.2) is 41.4 Å². The van der Waals surface area contributed by atoms with Gasteiger partial charge in [-0.3, -0.25) is 14.7 Å². The minimum atomic E-state index is -0.181. The summed E-state index contributed by atoms with van der Waals surface area (Å²) in [6.45, 7) is 3.05. The van der Waals surface area contributed by atoms with Crippen LogP contribution < -0.4 is 5.32 Å². The smallest absolute Gasteiger partial charge is 0.271 e. The van der Waals surface area contributed by atoms with Gasteiger partial charge in [0, 0.05) is 37.4 Å². The lowest BCUT2D eigenvalue weighted by molar-refractivity contribution is -0.0772. The molecule has 2 fully saturated rings. The standard InChI is InChI=1S/C18H22N4O3/c23-18(15-11-19-5-6-20-15)21-10-13-3-4-16-17(13)25-9-7-22(16)12-14-2-1-8-24-14/h1-2,5-6,8,11,13,16-17H,3-4,7,9-10,12H2,(H,21,23)/t13-,16-,17+/m0/s1. The molecule has 2 aliphatic rings. The van der Waals surface area contributed by atoms with Crippen molar-refractivity contribution in [3.8, 4) is 0 Å². The first-order chi connectivity index (χ1) is 12.3. The zero-order chi connectivity index (χ0) is 17.1. The number of furan rings is 1. The predicted molar refractivity (Wildman–Crippen MR) is 89.7 cm³/mol. The number of carbonyl (C=O) groups excluding carboxylic acids is 1. The molecule has 1 amide bonds. The second kappa shape index (κ2) is 7.33. The molecule has 1 saturated heterocycles. The van der Waals surface area contributed by atoms with Crippen LogP contribution in [0, 0.1) is 5.92 Å². The van der Waals surface area contributed by atoms with Gasteiger partial charge in [-0.15, -0.1) is 0 Å². The maximum atomic E-state index is 12.2. The van der Waals surface area contributed by atoms with E-state index in [1.54, 1.807) is 12.5 Å². The highest BCUT2D eigenvalue weighted by Gasteiger charge is 2.42. The first-order valence-corrected chi connectivity index (χ1v) is 8.73. The summed E-state index contributed by atoms with van der Waals surface area (Å²) in [5.41, 5.74) is 0.348. The predicted octanol–water partition coefficient (Wildman–Crippen LogP) is 1.48. The average Bonchev–Trinajstić information content (AvgIpc) is 3.31. The molecule has 7 heteroatoms. The zero-order valence-electron chi connectivity index (χ0n) is 14.0. The van der Waals surface area contributed by atoms with Gasteiger partial charge in [0.1, 0.15) is 11.5 Å². The molecule has 1 aliphatic heterocycles. The molecule has 132 valence electrons. The lowest BCUT2D eigenvalue weighted by Gasteiger charge is -2.38. The minimum Gasteiger partial charge on any atom is -0.468 e. The fourth-order valence-electron chi connectivity index (χ4n) is 3.88. The number of aromatic nitrogens is 2. The molecule has 1 saturated carbocycles. The van der Waals surface area contributed by atoms with E-state index in [0.29, 0.717) is 24.2 Å². The van der Waals surface area contributed by atoms with E-state index in [2.05, 4.69) is 20.2 Å². The highest BCUT2D eigenvalue weighted by atomic mass is 16.5. The molecule has 2 aromatic rings. The monoisotopic (exact) mass is 342 g/mol. The molecule has 0 unspecified atom stereocenters. The summed E-state index contributed by atoms with van der Waals surface area (Å²) >= 11 is 0. The van der Waals surface area contributed by atoms with Crippen LogP contribution >= 0.6 is 0 Å². The quantitative estimate of drug-likeness (QED) is 0.886. The van der Waals surface area contributed by atoms with Gasteiger partial charge in [0.25, 0.3) is 5.91 Å². The van der Waals surface area contributed by atoms with E-state index < -0.39 is 0 Å². The fraction of sp³-hybridized carbons (Fsp3) is 0.500. The van der Waals surface area contributed by atoms with E-state index >= 15 is 0 Å². The van der Waals surface area contributed by atoms with Crippen LogP contribution in [0.1, 0.15) is 29.1 Å². The van der Waals surface area contributed by atoms with Crippen LogP contribution in [0.2, 0.25) is 0 Å². The number of amides is 1. The topological polar surface area (TPSA) is 80.5 Å². The Kier molecular flexibility index (Phi) is 4.76. The lowest BCUT2D eigenvalue weighted by Crippen LogP contribution is -2.50. The average molecular weight is 342 g/mol. The molecule has 1 aliphatic carbocycles. The van der Waals surface area contributed by atoms with Crippen molar-refractivity contribution in [1.29, 1.82) is 0 Å². The summed E-state index contributed by atoms with van der Waals surface area (Å²) in [7, 11) is 0. The van der Waals surface area contributed by atoms with Crippen molar-refractivity contribution in [2.24, 2.45) is 5.92 Å². The van der Waals surface area contributed by atoms with Gasteiger partial charge in [-0.1, -0.05) is 0 Å². The van der Waals surface area contributed by atoms with Gasteiger partial charge in [0.05, 0.1) is 31.7 Å². The third kappa shape index (κ3) is 3.57. The highest BCUT2D eigenvalue weighted by molar-refractivity contribution is 5.91. The molecule has 7 nitrogen and oxygen atoms in total. The first kappa shape index (κ1) is 16.2. The van der Waals surface area contributed by atoms with E-state index in [9.17, 15) is 4.79 Å². The number of hydrogen-bond acceptors (Lipinski definition) is 6. The van der Waals surface area contributed by atoms with Crippen molar-refractivity contribution < 1.29 is 13.9 Å². The van der Waals surface area contributed by atoms with Crippen molar-refractivity contribution in [3.63, 3.8) is 0 Å². The Bertz CT molecular complexity index is 692. The van der Waals surface area contributed by atoms with Crippen molar-refractivity contribution in [2.75, 3.05) is 19.7 Å². The number of nitrogens with one attached hydrogen (secondary N) is 1. The van der Waals surface area contributed by atoms with Crippen LogP contribution in [0.4, 0.5) is 0 Å². The number of fused-ring (bicyclic) bond motifs is 1. The van der Waals surface area contributed by atoms with E-state index in [-0.39, 0.29) is 12.0 Å². The Labute approximate surface area is 146 Å². The second-order valence-corrected chi connectivity index (χ2v) is 6.59. The van der Waals surface area contributed by atoms with E-state index in [4.69, 9.17) is 9.15 Å². The minimum absolute atomic E-state index is 0.158. The lowest BCUT2D eigenvalue weighted by atomic mass is 10.0. The Morgan fingerprint density at radius 1 is 1.36 bits per heavy atom. The van der Waals surface area contributed by atoms with E-state index in [0.717, 1.165) is 38.3 Å². The van der Waals surface area contributed by atoms with Crippen LogP contribution in [0.5, 0.6) is 0 Å². The van der Waals surface area contributed by atoms with Gasteiger partial charge >= 0.3 is 0 Å². The van der Waals surface area contributed by atoms with Gasteiger partial charge in [0.15, 0.2) is 0 Å². The van der Waals surface area contributed by atoms with Crippen LogP contribution in [-0.2, 0) is 11.3 Å². The summed E-state index contributed by atoms with van der Waals surface area (Å²) in [5.74, 6) is 1.13. The molecule has 0 bridgehead atoms. The molecule has 3 atom stereocenters. The maximum absolute atomic E-state index is 12.2. The number of carbonyl (C=O) groups is 1. The first-order valence-electron chi connectivity index (χ1n) is 8.73. The summed E-state index contributed by atoms with van der Waals surface area (Å²) in [6.07, 6.45) is 8.56. The van der Waals surface area contributed by atoms with E-state index in [1.165, 1.54) is 12.4 Å². The molecule has 4 rings (SSSR count). The number of nitrogens with zero attached hydrogens (tertiary/aromatic N) is 3. The number of ether oxygens (including phenoxy) is 1. The molecule has 25 heavy (non-hydrogen) atoms. The van der Waals surface area contributed by atoms with Crippen LogP contribution in [0.25, 0.3) is 0 Å². The summed E-state index contributed by atoms with van der Waals surface area (Å²) in [5, 5.41) is 2.98. The fourth-order valence-corrected chi connectivity index (χ4v) is 3.88. The van der Waals surface area contributed by atoms with Crippen molar-refractivity contribution in [3.05, 3.63) is 48.4 Å². The molecule has 0 radical (unpaired) electrons. The Morgan fingerprint density at radius 3 is 3.12 bits per heavy atom. The largest absolute Gasteiger partial charge is 0.468 e. The SMILES string of the molecule is O=C(NC[C@@H]1CC[C@H]2[C@@H]1OCCN2Cc1ccco1)c1cnccn1. The van der Waals surface area contributed by atoms with Gasteiger partial charge in [-0.2, -0.15) is 0 Å². The summed E-state index contributed by atoms with van der Waals surface area (Å²) in [4.78, 5) is 22.6. The maximum Gasteiger partial charge on any atom is 0.271 e. The summed E-state index contributed by atoms with van der Waals surface area (Å²) in [6, 6.07) is 4.32. The molecule has 2 aromatic heterocycles. The van der Waals surface area contributed by atoms with Crippen molar-refractivity contribution >= 4 is 5.91 Å². The molecule has 0 aromatic carbocycles. The van der Waals surface area contributed by atoms with Gasteiger partial charge < -0.3 is 14.5 Å². The number of morpholine rings is 1. The Hall–Kier alpha value is -2.25. The number of rotatable bonds is 5. The molecular formula is C18H22N4O3.